The fraction of sp³-hybridized carbons (Fsp3) is 0.190. The number of aliphatic hydroxyl groups is 1. The number of rotatable bonds is 7. The van der Waals surface area contributed by atoms with E-state index in [1.807, 2.05) is 12.1 Å². The van der Waals surface area contributed by atoms with Crippen molar-refractivity contribution in [2.45, 2.75) is 12.0 Å². The van der Waals surface area contributed by atoms with Crippen LogP contribution in [0, 0.1) is 0 Å². The molecule has 1 heterocycles. The quantitative estimate of drug-likeness (QED) is 0.657. The van der Waals surface area contributed by atoms with Crippen LogP contribution in [0.15, 0.2) is 71.3 Å². The van der Waals surface area contributed by atoms with Crippen LogP contribution in [0.4, 0.5) is 0 Å². The molecule has 2 aromatic carbocycles. The van der Waals surface area contributed by atoms with Crippen LogP contribution >= 0.6 is 0 Å². The monoisotopic (exact) mass is 352 g/mol. The van der Waals surface area contributed by atoms with Gasteiger partial charge in [0, 0.05) is 5.56 Å². The van der Waals surface area contributed by atoms with Gasteiger partial charge in [-0.15, -0.1) is 0 Å². The Morgan fingerprint density at radius 2 is 1.50 bits per heavy atom. The number of hydrogen-bond donors (Lipinski definition) is 1. The van der Waals surface area contributed by atoms with Gasteiger partial charge in [0.1, 0.15) is 23.4 Å². The second kappa shape index (κ2) is 7.89. The van der Waals surface area contributed by atoms with Gasteiger partial charge < -0.3 is 19.0 Å². The van der Waals surface area contributed by atoms with Crippen molar-refractivity contribution < 1.29 is 23.8 Å². The van der Waals surface area contributed by atoms with Crippen LogP contribution in [-0.2, 0) is 0 Å². The van der Waals surface area contributed by atoms with Crippen LogP contribution in [-0.4, -0.2) is 31.2 Å². The molecule has 26 heavy (non-hydrogen) atoms. The fourth-order valence-corrected chi connectivity index (χ4v) is 2.86. The fourth-order valence-electron chi connectivity index (χ4n) is 2.86. The first-order valence-corrected chi connectivity index (χ1v) is 8.17. The van der Waals surface area contributed by atoms with Gasteiger partial charge in [0.05, 0.1) is 26.4 Å². The maximum atomic E-state index is 12.8. The average Bonchev–Trinajstić information content (AvgIpc) is 3.22. The zero-order valence-electron chi connectivity index (χ0n) is 14.6. The van der Waals surface area contributed by atoms with Crippen LogP contribution in [0.1, 0.15) is 27.6 Å². The van der Waals surface area contributed by atoms with Gasteiger partial charge in [-0.1, -0.05) is 12.1 Å². The predicted molar refractivity (Wildman–Crippen MR) is 96.9 cm³/mol. The highest BCUT2D eigenvalue weighted by Crippen LogP contribution is 2.31. The summed E-state index contributed by atoms with van der Waals surface area (Å²) in [7, 11) is 3.14. The first kappa shape index (κ1) is 17.8. The van der Waals surface area contributed by atoms with Crippen LogP contribution in [0.5, 0.6) is 11.5 Å². The molecule has 0 amide bonds. The average molecular weight is 352 g/mol. The molecule has 3 aromatic rings. The second-order valence-electron chi connectivity index (χ2n) is 5.80. The third-order valence-corrected chi connectivity index (χ3v) is 4.28. The van der Waals surface area contributed by atoms with E-state index in [9.17, 15) is 9.90 Å². The summed E-state index contributed by atoms with van der Waals surface area (Å²) >= 11 is 0. The maximum Gasteiger partial charge on any atom is 0.192 e. The van der Waals surface area contributed by atoms with Crippen molar-refractivity contribution in [3.05, 3.63) is 83.8 Å². The second-order valence-corrected chi connectivity index (χ2v) is 5.80. The lowest BCUT2D eigenvalue weighted by Crippen LogP contribution is -2.28. The van der Waals surface area contributed by atoms with E-state index in [1.165, 1.54) is 6.26 Å². The number of ether oxygens (including phenoxy) is 2. The molecular formula is C21H20O5. The number of aliphatic hydroxyl groups excluding tert-OH is 1. The topological polar surface area (TPSA) is 68.9 Å². The van der Waals surface area contributed by atoms with Gasteiger partial charge in [0.15, 0.2) is 5.78 Å². The molecule has 0 aliphatic heterocycles. The molecule has 0 aliphatic carbocycles. The van der Waals surface area contributed by atoms with Crippen molar-refractivity contribution in [2.24, 2.45) is 0 Å². The number of hydrogen-bond acceptors (Lipinski definition) is 5. The van der Waals surface area contributed by atoms with E-state index in [0.29, 0.717) is 22.8 Å². The third-order valence-electron chi connectivity index (χ3n) is 4.28. The van der Waals surface area contributed by atoms with Crippen molar-refractivity contribution in [3.8, 4) is 11.5 Å². The molecule has 5 heteroatoms. The minimum atomic E-state index is -1.29. The molecule has 1 N–H and O–H groups in total. The smallest absolute Gasteiger partial charge is 0.192 e. The molecule has 0 radical (unpaired) electrons. The zero-order valence-corrected chi connectivity index (χ0v) is 14.6. The van der Waals surface area contributed by atoms with Crippen molar-refractivity contribution in [2.75, 3.05) is 14.2 Å². The molecule has 5 nitrogen and oxygen atoms in total. The summed E-state index contributed by atoms with van der Waals surface area (Å²) in [6, 6.07) is 17.3. The van der Waals surface area contributed by atoms with Gasteiger partial charge in [0.25, 0.3) is 0 Å². The summed E-state index contributed by atoms with van der Waals surface area (Å²) < 4.78 is 15.8. The highest BCUT2D eigenvalue weighted by atomic mass is 16.5. The standard InChI is InChI=1S/C21H20O5/c1-24-16-9-5-14(6-10-16)19(18-4-3-13-26-18)21(23)20(22)15-7-11-17(25-2)12-8-15/h3-13,19,21,23H,1-2H3/t19-,21+/m1/s1. The number of Topliss-reactive ketones (excluding diaryl/α,β-unsaturated/α-hetero) is 1. The Labute approximate surface area is 151 Å². The van der Waals surface area contributed by atoms with Gasteiger partial charge in [-0.05, 0) is 54.1 Å². The lowest BCUT2D eigenvalue weighted by Gasteiger charge is -2.21. The molecule has 0 saturated carbocycles. The van der Waals surface area contributed by atoms with Crippen molar-refractivity contribution in [1.29, 1.82) is 0 Å². The van der Waals surface area contributed by atoms with Crippen molar-refractivity contribution >= 4 is 5.78 Å². The van der Waals surface area contributed by atoms with Gasteiger partial charge >= 0.3 is 0 Å². The molecule has 0 saturated heterocycles. The summed E-state index contributed by atoms with van der Waals surface area (Å²) in [5.41, 5.74) is 1.17. The van der Waals surface area contributed by atoms with Gasteiger partial charge in [-0.2, -0.15) is 0 Å². The lowest BCUT2D eigenvalue weighted by molar-refractivity contribution is 0.0700. The Balaban J connectivity index is 1.93. The molecule has 2 atom stereocenters. The molecule has 0 unspecified atom stereocenters. The highest BCUT2D eigenvalue weighted by Gasteiger charge is 2.31. The van der Waals surface area contributed by atoms with E-state index in [4.69, 9.17) is 13.9 Å². The van der Waals surface area contributed by atoms with E-state index in [0.717, 1.165) is 5.56 Å². The predicted octanol–water partition coefficient (Wildman–Crippen LogP) is 3.67. The van der Waals surface area contributed by atoms with Gasteiger partial charge in [-0.3, -0.25) is 4.79 Å². The minimum absolute atomic E-state index is 0.384. The first-order chi connectivity index (χ1) is 12.6. The van der Waals surface area contributed by atoms with E-state index in [-0.39, 0.29) is 5.78 Å². The number of furan rings is 1. The van der Waals surface area contributed by atoms with E-state index in [1.54, 1.807) is 62.8 Å². The SMILES string of the molecule is COc1ccc(C(=O)[C@@H](O)[C@H](c2ccc(OC)cc2)c2ccco2)cc1. The van der Waals surface area contributed by atoms with Crippen LogP contribution < -0.4 is 9.47 Å². The maximum absolute atomic E-state index is 12.8. The van der Waals surface area contributed by atoms with Crippen LogP contribution in [0.3, 0.4) is 0 Å². The number of carbonyl (C=O) groups excluding carboxylic acids is 1. The molecule has 0 spiro atoms. The van der Waals surface area contributed by atoms with Crippen molar-refractivity contribution in [3.63, 3.8) is 0 Å². The molecule has 3 rings (SSSR count). The Morgan fingerprint density at radius 3 is 2.00 bits per heavy atom. The number of carbonyl (C=O) groups is 1. The highest BCUT2D eigenvalue weighted by molar-refractivity contribution is 6.00. The summed E-state index contributed by atoms with van der Waals surface area (Å²) in [4.78, 5) is 12.8. The number of benzene rings is 2. The molecule has 0 fully saturated rings. The Bertz CT molecular complexity index is 835. The number of ketones is 1. The normalized spacial score (nSPS) is 13.0. The summed E-state index contributed by atoms with van der Waals surface area (Å²) in [5.74, 6) is 0.858. The van der Waals surface area contributed by atoms with E-state index < -0.39 is 12.0 Å². The minimum Gasteiger partial charge on any atom is -0.497 e. The molecule has 0 aliphatic rings. The number of methoxy groups -OCH3 is 2. The Kier molecular flexibility index (Phi) is 5.39. The largest absolute Gasteiger partial charge is 0.497 e. The van der Waals surface area contributed by atoms with Crippen LogP contribution in [0.2, 0.25) is 0 Å². The first-order valence-electron chi connectivity index (χ1n) is 8.17. The van der Waals surface area contributed by atoms with E-state index >= 15 is 0 Å². The molecule has 134 valence electrons. The summed E-state index contributed by atoms with van der Waals surface area (Å²) in [6.45, 7) is 0. The summed E-state index contributed by atoms with van der Waals surface area (Å²) in [5, 5.41) is 10.8. The van der Waals surface area contributed by atoms with Gasteiger partial charge in [-0.25, -0.2) is 0 Å². The van der Waals surface area contributed by atoms with Crippen molar-refractivity contribution in [1.82, 2.24) is 0 Å². The lowest BCUT2D eigenvalue weighted by atomic mass is 9.87. The van der Waals surface area contributed by atoms with Crippen LogP contribution in [0.25, 0.3) is 0 Å². The molecule has 1 aromatic heterocycles. The summed E-state index contributed by atoms with van der Waals surface area (Å²) in [6.07, 6.45) is 0.235. The van der Waals surface area contributed by atoms with E-state index in [2.05, 4.69) is 0 Å². The Hall–Kier alpha value is -3.05. The molecular weight excluding hydrogens is 332 g/mol. The Morgan fingerprint density at radius 1 is 0.923 bits per heavy atom. The third kappa shape index (κ3) is 3.63. The zero-order chi connectivity index (χ0) is 18.5. The van der Waals surface area contributed by atoms with Gasteiger partial charge in [0.2, 0.25) is 0 Å². The molecule has 0 bridgehead atoms.